The number of benzene rings is 3. The van der Waals surface area contributed by atoms with Crippen LogP contribution in [0.1, 0.15) is 24.2 Å². The summed E-state index contributed by atoms with van der Waals surface area (Å²) in [5.41, 5.74) is 1.27. The Balaban J connectivity index is 1.69. The van der Waals surface area contributed by atoms with Crippen molar-refractivity contribution in [1.29, 1.82) is 0 Å². The van der Waals surface area contributed by atoms with Crippen molar-refractivity contribution >= 4 is 28.2 Å². The number of anilines is 1. The van der Waals surface area contributed by atoms with Gasteiger partial charge in [-0.25, -0.2) is 0 Å². The average molecular weight is 333 g/mol. The van der Waals surface area contributed by atoms with Gasteiger partial charge in [0.15, 0.2) is 11.9 Å². The normalized spacial score (nSPS) is 11.8. The number of amides is 1. The molecule has 0 saturated heterocycles. The zero-order valence-electron chi connectivity index (χ0n) is 14.2. The Labute approximate surface area is 146 Å². The Morgan fingerprint density at radius 1 is 0.920 bits per heavy atom. The summed E-state index contributed by atoms with van der Waals surface area (Å²) in [5.74, 6) is 0.205. The summed E-state index contributed by atoms with van der Waals surface area (Å²) in [5, 5.41) is 5.04. The summed E-state index contributed by atoms with van der Waals surface area (Å²) in [6.07, 6.45) is -0.686. The molecule has 0 heterocycles. The Hall–Kier alpha value is -3.14. The van der Waals surface area contributed by atoms with Gasteiger partial charge in [-0.2, -0.15) is 0 Å². The highest BCUT2D eigenvalue weighted by molar-refractivity contribution is 5.97. The van der Waals surface area contributed by atoms with Crippen LogP contribution >= 0.6 is 0 Å². The quantitative estimate of drug-likeness (QED) is 0.702. The fourth-order valence-electron chi connectivity index (χ4n) is 2.56. The number of carbonyl (C=O) groups is 2. The molecule has 4 nitrogen and oxygen atoms in total. The van der Waals surface area contributed by atoms with E-state index in [2.05, 4.69) is 5.32 Å². The maximum atomic E-state index is 12.4. The second-order valence-corrected chi connectivity index (χ2v) is 5.90. The van der Waals surface area contributed by atoms with E-state index in [0.717, 1.165) is 16.5 Å². The van der Waals surface area contributed by atoms with Crippen molar-refractivity contribution in [2.45, 2.75) is 20.0 Å². The van der Waals surface area contributed by atoms with Crippen LogP contribution in [0, 0.1) is 0 Å². The molecule has 1 atom stereocenters. The molecule has 0 fully saturated rings. The zero-order valence-corrected chi connectivity index (χ0v) is 14.2. The van der Waals surface area contributed by atoms with Crippen molar-refractivity contribution in [2.75, 3.05) is 5.32 Å². The lowest BCUT2D eigenvalue weighted by Crippen LogP contribution is -2.30. The van der Waals surface area contributed by atoms with Crippen LogP contribution in [0.5, 0.6) is 5.75 Å². The molecule has 126 valence electrons. The number of rotatable bonds is 5. The molecule has 0 spiro atoms. The fraction of sp³-hybridized carbons (Fsp3) is 0.143. The van der Waals surface area contributed by atoms with Gasteiger partial charge in [-0.1, -0.05) is 42.5 Å². The van der Waals surface area contributed by atoms with Crippen molar-refractivity contribution in [2.24, 2.45) is 0 Å². The molecule has 4 heteroatoms. The highest BCUT2D eigenvalue weighted by Crippen LogP contribution is 2.20. The molecule has 0 aliphatic heterocycles. The fourth-order valence-corrected chi connectivity index (χ4v) is 2.56. The molecule has 0 bridgehead atoms. The van der Waals surface area contributed by atoms with E-state index in [4.69, 9.17) is 4.74 Å². The lowest BCUT2D eigenvalue weighted by molar-refractivity contribution is -0.122. The third kappa shape index (κ3) is 4.04. The average Bonchev–Trinajstić information content (AvgIpc) is 2.61. The number of ether oxygens (including phenoxy) is 1. The Morgan fingerprint density at radius 3 is 2.44 bits per heavy atom. The molecule has 25 heavy (non-hydrogen) atoms. The molecule has 3 rings (SSSR count). The maximum Gasteiger partial charge on any atom is 0.265 e. The van der Waals surface area contributed by atoms with Crippen LogP contribution in [0.25, 0.3) is 10.8 Å². The van der Waals surface area contributed by atoms with Gasteiger partial charge in [0.25, 0.3) is 5.91 Å². The number of Topliss-reactive ketones (excluding diaryl/α,β-unsaturated/α-hetero) is 1. The smallest absolute Gasteiger partial charge is 0.265 e. The van der Waals surface area contributed by atoms with E-state index in [1.54, 1.807) is 31.2 Å². The van der Waals surface area contributed by atoms with E-state index in [1.807, 2.05) is 42.5 Å². The minimum atomic E-state index is -0.686. The molecule has 1 amide bonds. The highest BCUT2D eigenvalue weighted by Gasteiger charge is 2.15. The summed E-state index contributed by atoms with van der Waals surface area (Å²) < 4.78 is 5.66. The lowest BCUT2D eigenvalue weighted by atomic mass is 10.1. The molecular formula is C21H19NO3. The lowest BCUT2D eigenvalue weighted by Gasteiger charge is -2.15. The summed E-state index contributed by atoms with van der Waals surface area (Å²) in [6, 6.07) is 20.5. The summed E-state index contributed by atoms with van der Waals surface area (Å²) in [4.78, 5) is 23.8. The number of hydrogen-bond donors (Lipinski definition) is 1. The molecular weight excluding hydrogens is 314 g/mol. The molecule has 0 unspecified atom stereocenters. The van der Waals surface area contributed by atoms with Gasteiger partial charge in [0.2, 0.25) is 0 Å². The molecule has 0 aromatic heterocycles. The van der Waals surface area contributed by atoms with Crippen LogP contribution in [0.4, 0.5) is 5.69 Å². The monoisotopic (exact) mass is 333 g/mol. The van der Waals surface area contributed by atoms with Gasteiger partial charge in [-0.05, 0) is 48.9 Å². The minimum absolute atomic E-state index is 0.0429. The van der Waals surface area contributed by atoms with Crippen molar-refractivity contribution in [1.82, 2.24) is 0 Å². The van der Waals surface area contributed by atoms with E-state index < -0.39 is 6.10 Å². The van der Waals surface area contributed by atoms with Crippen LogP contribution in [-0.2, 0) is 4.79 Å². The van der Waals surface area contributed by atoms with Crippen LogP contribution in [0.2, 0.25) is 0 Å². The number of fused-ring (bicyclic) bond motifs is 1. The van der Waals surface area contributed by atoms with Gasteiger partial charge in [0.05, 0.1) is 0 Å². The number of nitrogens with one attached hydrogen (secondary N) is 1. The molecule has 3 aromatic carbocycles. The molecule has 3 aromatic rings. The van der Waals surface area contributed by atoms with Gasteiger partial charge >= 0.3 is 0 Å². The second kappa shape index (κ2) is 7.18. The molecule has 0 saturated carbocycles. The highest BCUT2D eigenvalue weighted by atomic mass is 16.5. The Kier molecular flexibility index (Phi) is 4.80. The predicted molar refractivity (Wildman–Crippen MR) is 99.1 cm³/mol. The first kappa shape index (κ1) is 16.7. The first-order valence-electron chi connectivity index (χ1n) is 8.10. The van der Waals surface area contributed by atoms with Gasteiger partial charge in [-0.3, -0.25) is 9.59 Å². The van der Waals surface area contributed by atoms with Gasteiger partial charge < -0.3 is 10.1 Å². The van der Waals surface area contributed by atoms with Crippen LogP contribution < -0.4 is 10.1 Å². The van der Waals surface area contributed by atoms with E-state index >= 15 is 0 Å². The van der Waals surface area contributed by atoms with Gasteiger partial charge in [0, 0.05) is 11.3 Å². The summed E-state index contributed by atoms with van der Waals surface area (Å²) in [6.45, 7) is 3.17. The molecule has 0 aliphatic carbocycles. The van der Waals surface area contributed by atoms with Gasteiger partial charge in [0.1, 0.15) is 5.75 Å². The Morgan fingerprint density at radius 2 is 1.68 bits per heavy atom. The summed E-state index contributed by atoms with van der Waals surface area (Å²) in [7, 11) is 0. The Bertz CT molecular complexity index is 933. The maximum absolute atomic E-state index is 12.4. The first-order chi connectivity index (χ1) is 12.0. The predicted octanol–water partition coefficient (Wildman–Crippen LogP) is 4.45. The van der Waals surface area contributed by atoms with Crippen molar-refractivity contribution in [3.8, 4) is 5.75 Å². The topological polar surface area (TPSA) is 55.4 Å². The molecule has 1 N–H and O–H groups in total. The largest absolute Gasteiger partial charge is 0.481 e. The van der Waals surface area contributed by atoms with Crippen molar-refractivity contribution < 1.29 is 14.3 Å². The molecule has 0 aliphatic rings. The third-order valence-corrected chi connectivity index (χ3v) is 3.94. The number of carbonyl (C=O) groups excluding carboxylic acids is 2. The number of ketones is 1. The number of hydrogen-bond acceptors (Lipinski definition) is 3. The van der Waals surface area contributed by atoms with E-state index in [-0.39, 0.29) is 11.7 Å². The molecule has 0 radical (unpaired) electrons. The summed E-state index contributed by atoms with van der Waals surface area (Å²) >= 11 is 0. The zero-order chi connectivity index (χ0) is 17.8. The van der Waals surface area contributed by atoms with Crippen molar-refractivity contribution in [3.63, 3.8) is 0 Å². The van der Waals surface area contributed by atoms with E-state index in [9.17, 15) is 9.59 Å². The van der Waals surface area contributed by atoms with E-state index in [0.29, 0.717) is 11.3 Å². The second-order valence-electron chi connectivity index (χ2n) is 5.90. The van der Waals surface area contributed by atoms with Crippen molar-refractivity contribution in [3.05, 3.63) is 72.3 Å². The van der Waals surface area contributed by atoms with Crippen LogP contribution in [0.3, 0.4) is 0 Å². The van der Waals surface area contributed by atoms with Crippen LogP contribution in [0.15, 0.2) is 66.7 Å². The van der Waals surface area contributed by atoms with E-state index in [1.165, 1.54) is 6.92 Å². The third-order valence-electron chi connectivity index (χ3n) is 3.94. The SMILES string of the molecule is CC(=O)c1cccc(O[C@@H](C)C(=O)Nc2ccc3ccccc3c2)c1. The first-order valence-corrected chi connectivity index (χ1v) is 8.10. The minimum Gasteiger partial charge on any atom is -0.481 e. The van der Waals surface area contributed by atoms with Gasteiger partial charge in [-0.15, -0.1) is 0 Å². The standard InChI is InChI=1S/C21H19NO3/c1-14(23)17-8-5-9-20(13-17)25-15(2)21(24)22-19-11-10-16-6-3-4-7-18(16)12-19/h3-13,15H,1-2H3,(H,22,24)/t15-/m0/s1. The van der Waals surface area contributed by atoms with Crippen LogP contribution in [-0.4, -0.2) is 17.8 Å².